The summed E-state index contributed by atoms with van der Waals surface area (Å²) in [7, 11) is 0. The zero-order chi connectivity index (χ0) is 14.3. The number of carbonyl (C=O) groups excluding carboxylic acids is 1. The van der Waals surface area contributed by atoms with E-state index in [1.54, 1.807) is 0 Å². The summed E-state index contributed by atoms with van der Waals surface area (Å²) in [6.07, 6.45) is 3.56. The molecule has 1 heterocycles. The molecule has 1 aliphatic carbocycles. The third-order valence-corrected chi connectivity index (χ3v) is 4.32. The molecular weight excluding hydrogens is 250 g/mol. The molecule has 106 valence electrons. The van der Waals surface area contributed by atoms with Gasteiger partial charge >= 0.3 is 5.97 Å². The van der Waals surface area contributed by atoms with Gasteiger partial charge in [-0.25, -0.2) is 4.79 Å². The Morgan fingerprint density at radius 1 is 1.40 bits per heavy atom. The summed E-state index contributed by atoms with van der Waals surface area (Å²) in [5.41, 5.74) is 4.62. The predicted octanol–water partition coefficient (Wildman–Crippen LogP) is 3.96. The number of aromatic nitrogens is 1. The van der Waals surface area contributed by atoms with Gasteiger partial charge in [0.2, 0.25) is 0 Å². The predicted molar refractivity (Wildman–Crippen MR) is 80.2 cm³/mol. The number of H-pyrrole nitrogens is 1. The second-order valence-electron chi connectivity index (χ2n) is 6.20. The SMILES string of the molecule is CCOC(=O)c1ccc2c3c([nH]c2c1)C(C)(C)CCC3. The van der Waals surface area contributed by atoms with Crippen LogP contribution >= 0.6 is 0 Å². The monoisotopic (exact) mass is 271 g/mol. The van der Waals surface area contributed by atoms with Crippen molar-refractivity contribution in [3.63, 3.8) is 0 Å². The molecule has 1 aliphatic rings. The van der Waals surface area contributed by atoms with Gasteiger partial charge < -0.3 is 9.72 Å². The molecule has 0 saturated heterocycles. The van der Waals surface area contributed by atoms with E-state index >= 15 is 0 Å². The number of esters is 1. The van der Waals surface area contributed by atoms with Gasteiger partial charge in [0.25, 0.3) is 0 Å². The molecule has 1 aromatic carbocycles. The Kier molecular flexibility index (Phi) is 3.08. The zero-order valence-corrected chi connectivity index (χ0v) is 12.4. The molecule has 3 rings (SSSR count). The summed E-state index contributed by atoms with van der Waals surface area (Å²) in [5, 5.41) is 1.25. The van der Waals surface area contributed by atoms with Gasteiger partial charge in [0.1, 0.15) is 0 Å². The number of nitrogens with one attached hydrogen (secondary N) is 1. The molecular formula is C17H21NO2. The minimum Gasteiger partial charge on any atom is -0.462 e. The maximum Gasteiger partial charge on any atom is 0.338 e. The van der Waals surface area contributed by atoms with Crippen molar-refractivity contribution in [3.8, 4) is 0 Å². The fraction of sp³-hybridized carbons (Fsp3) is 0.471. The normalized spacial score (nSPS) is 16.9. The van der Waals surface area contributed by atoms with E-state index in [1.807, 2.05) is 19.1 Å². The molecule has 20 heavy (non-hydrogen) atoms. The Labute approximate surface area is 119 Å². The number of fused-ring (bicyclic) bond motifs is 3. The third kappa shape index (κ3) is 2.01. The first-order valence-electron chi connectivity index (χ1n) is 7.35. The van der Waals surface area contributed by atoms with E-state index in [9.17, 15) is 4.79 Å². The van der Waals surface area contributed by atoms with Crippen LogP contribution in [0.4, 0.5) is 0 Å². The molecule has 0 spiro atoms. The topological polar surface area (TPSA) is 42.1 Å². The number of ether oxygens (including phenoxy) is 1. The van der Waals surface area contributed by atoms with Crippen molar-refractivity contribution >= 4 is 16.9 Å². The first-order valence-corrected chi connectivity index (χ1v) is 7.35. The highest BCUT2D eigenvalue weighted by molar-refractivity contribution is 5.96. The van der Waals surface area contributed by atoms with E-state index in [0.717, 1.165) is 11.9 Å². The van der Waals surface area contributed by atoms with Crippen LogP contribution in [0, 0.1) is 0 Å². The Morgan fingerprint density at radius 3 is 2.95 bits per heavy atom. The van der Waals surface area contributed by atoms with E-state index < -0.39 is 0 Å². The van der Waals surface area contributed by atoms with Crippen LogP contribution in [-0.2, 0) is 16.6 Å². The minimum atomic E-state index is -0.249. The van der Waals surface area contributed by atoms with Crippen LogP contribution < -0.4 is 0 Å². The second kappa shape index (κ2) is 4.65. The minimum absolute atomic E-state index is 0.191. The first-order chi connectivity index (χ1) is 9.53. The maximum atomic E-state index is 11.8. The molecule has 1 aromatic heterocycles. The van der Waals surface area contributed by atoms with E-state index in [1.165, 1.54) is 29.5 Å². The molecule has 0 radical (unpaired) electrons. The van der Waals surface area contributed by atoms with E-state index in [4.69, 9.17) is 4.74 Å². The van der Waals surface area contributed by atoms with E-state index in [-0.39, 0.29) is 11.4 Å². The van der Waals surface area contributed by atoms with Crippen molar-refractivity contribution in [3.05, 3.63) is 35.0 Å². The van der Waals surface area contributed by atoms with Gasteiger partial charge in [-0.2, -0.15) is 0 Å². The van der Waals surface area contributed by atoms with Crippen molar-refractivity contribution < 1.29 is 9.53 Å². The highest BCUT2D eigenvalue weighted by Gasteiger charge is 2.30. The van der Waals surface area contributed by atoms with Crippen LogP contribution in [0.15, 0.2) is 18.2 Å². The van der Waals surface area contributed by atoms with Gasteiger partial charge in [0.15, 0.2) is 0 Å². The summed E-state index contributed by atoms with van der Waals surface area (Å²) >= 11 is 0. The fourth-order valence-corrected chi connectivity index (χ4v) is 3.27. The molecule has 0 atom stereocenters. The van der Waals surface area contributed by atoms with Crippen LogP contribution in [0.1, 0.15) is 55.2 Å². The summed E-state index contributed by atoms with van der Waals surface area (Å²) < 4.78 is 5.07. The largest absolute Gasteiger partial charge is 0.462 e. The van der Waals surface area contributed by atoms with Gasteiger partial charge in [-0.15, -0.1) is 0 Å². The molecule has 0 bridgehead atoms. The molecule has 3 heteroatoms. The average molecular weight is 271 g/mol. The Balaban J connectivity index is 2.11. The molecule has 1 N–H and O–H groups in total. The number of benzene rings is 1. The van der Waals surface area contributed by atoms with Crippen LogP contribution in [0.25, 0.3) is 10.9 Å². The quantitative estimate of drug-likeness (QED) is 0.840. The van der Waals surface area contributed by atoms with Crippen LogP contribution in [0.3, 0.4) is 0 Å². The third-order valence-electron chi connectivity index (χ3n) is 4.32. The lowest BCUT2D eigenvalue weighted by Gasteiger charge is -2.29. The number of hydrogen-bond acceptors (Lipinski definition) is 2. The molecule has 0 unspecified atom stereocenters. The average Bonchev–Trinajstić information content (AvgIpc) is 2.78. The van der Waals surface area contributed by atoms with Gasteiger partial charge in [0.05, 0.1) is 12.2 Å². The van der Waals surface area contributed by atoms with Crippen molar-refractivity contribution in [2.75, 3.05) is 6.61 Å². The van der Waals surface area contributed by atoms with Gasteiger partial charge in [-0.05, 0) is 43.9 Å². The van der Waals surface area contributed by atoms with Crippen LogP contribution in [0.5, 0.6) is 0 Å². The number of aromatic amines is 1. The Hall–Kier alpha value is -1.77. The van der Waals surface area contributed by atoms with Crippen molar-refractivity contribution in [1.82, 2.24) is 4.98 Å². The zero-order valence-electron chi connectivity index (χ0n) is 12.4. The molecule has 0 aliphatic heterocycles. The molecule has 0 fully saturated rings. The number of aryl methyl sites for hydroxylation is 1. The standard InChI is InChI=1S/C17H21NO2/c1-4-20-16(19)11-7-8-12-13-6-5-9-17(2,3)15(13)18-14(12)10-11/h7-8,10,18H,4-6,9H2,1-3H3. The first kappa shape index (κ1) is 13.2. The number of hydrogen-bond donors (Lipinski definition) is 1. The van der Waals surface area contributed by atoms with Crippen molar-refractivity contribution in [2.24, 2.45) is 0 Å². The smallest absolute Gasteiger partial charge is 0.338 e. The van der Waals surface area contributed by atoms with Crippen LogP contribution in [0.2, 0.25) is 0 Å². The second-order valence-corrected chi connectivity index (χ2v) is 6.20. The molecule has 0 amide bonds. The van der Waals surface area contributed by atoms with E-state index in [0.29, 0.717) is 12.2 Å². The lowest BCUT2D eigenvalue weighted by Crippen LogP contribution is -2.23. The highest BCUT2D eigenvalue weighted by Crippen LogP contribution is 2.39. The lowest BCUT2D eigenvalue weighted by atomic mass is 9.76. The molecule has 0 saturated carbocycles. The van der Waals surface area contributed by atoms with Gasteiger partial charge in [0, 0.05) is 22.0 Å². The van der Waals surface area contributed by atoms with Crippen molar-refractivity contribution in [1.29, 1.82) is 0 Å². The number of rotatable bonds is 2. The fourth-order valence-electron chi connectivity index (χ4n) is 3.27. The maximum absolute atomic E-state index is 11.8. The summed E-state index contributed by atoms with van der Waals surface area (Å²) in [4.78, 5) is 15.4. The lowest BCUT2D eigenvalue weighted by molar-refractivity contribution is 0.0526. The summed E-state index contributed by atoms with van der Waals surface area (Å²) in [5.74, 6) is -0.249. The van der Waals surface area contributed by atoms with Gasteiger partial charge in [-0.3, -0.25) is 0 Å². The molecule has 2 aromatic rings. The highest BCUT2D eigenvalue weighted by atomic mass is 16.5. The van der Waals surface area contributed by atoms with Crippen molar-refractivity contribution in [2.45, 2.75) is 45.4 Å². The summed E-state index contributed by atoms with van der Waals surface area (Å²) in [6, 6.07) is 5.84. The summed E-state index contributed by atoms with van der Waals surface area (Å²) in [6.45, 7) is 6.80. The van der Waals surface area contributed by atoms with Crippen LogP contribution in [-0.4, -0.2) is 17.6 Å². The molecule has 3 nitrogen and oxygen atoms in total. The number of carbonyl (C=O) groups is 1. The van der Waals surface area contributed by atoms with E-state index in [2.05, 4.69) is 24.9 Å². The Bertz CT molecular complexity index is 667. The van der Waals surface area contributed by atoms with Gasteiger partial charge in [-0.1, -0.05) is 19.9 Å². The Morgan fingerprint density at radius 2 is 2.20 bits per heavy atom.